The molecule has 6 heteroatoms. The highest BCUT2D eigenvalue weighted by Gasteiger charge is 2.33. The largest absolute Gasteiger partial charge is 0.320 e. The van der Waals surface area contributed by atoms with Crippen molar-refractivity contribution < 1.29 is 18.4 Å². The first-order valence-corrected chi connectivity index (χ1v) is 7.62. The number of carbonyl (C=O) groups excluding carboxylic acids is 2. The molecule has 1 aliphatic rings. The van der Waals surface area contributed by atoms with Gasteiger partial charge in [-0.3, -0.25) is 9.59 Å². The summed E-state index contributed by atoms with van der Waals surface area (Å²) in [4.78, 5) is 25.9. The molecule has 2 amide bonds. The summed E-state index contributed by atoms with van der Waals surface area (Å²) in [6, 6.07) is 10.0. The second kappa shape index (κ2) is 6.39. The zero-order valence-corrected chi connectivity index (χ0v) is 13.1. The van der Waals surface area contributed by atoms with Crippen LogP contribution in [0.15, 0.2) is 42.5 Å². The molecule has 1 aliphatic carbocycles. The summed E-state index contributed by atoms with van der Waals surface area (Å²) in [5.74, 6) is -2.77. The van der Waals surface area contributed by atoms with E-state index in [-0.39, 0.29) is 17.5 Å². The first kappa shape index (κ1) is 16.1. The third kappa shape index (κ3) is 3.27. The van der Waals surface area contributed by atoms with Crippen molar-refractivity contribution in [2.45, 2.75) is 25.8 Å². The number of rotatable bonds is 4. The molecule has 124 valence electrons. The van der Waals surface area contributed by atoms with E-state index in [2.05, 4.69) is 5.32 Å². The number of hydrogen-bond donors (Lipinski definition) is 1. The maximum atomic E-state index is 13.3. The van der Waals surface area contributed by atoms with Gasteiger partial charge in [-0.15, -0.1) is 0 Å². The Bertz CT molecular complexity index is 803. The van der Waals surface area contributed by atoms with Gasteiger partial charge in [0.1, 0.15) is 0 Å². The average molecular weight is 330 g/mol. The molecule has 1 saturated carbocycles. The van der Waals surface area contributed by atoms with Gasteiger partial charge in [0.25, 0.3) is 5.91 Å². The summed E-state index contributed by atoms with van der Waals surface area (Å²) in [6.45, 7) is 1.48. The molecule has 24 heavy (non-hydrogen) atoms. The van der Waals surface area contributed by atoms with Gasteiger partial charge in [-0.05, 0) is 43.2 Å². The fraction of sp³-hybridized carbons (Fsp3) is 0.222. The van der Waals surface area contributed by atoms with E-state index in [0.29, 0.717) is 11.4 Å². The minimum Gasteiger partial charge on any atom is -0.320 e. The molecule has 0 heterocycles. The lowest BCUT2D eigenvalue weighted by molar-refractivity contribution is -0.116. The first-order chi connectivity index (χ1) is 11.5. The zero-order chi connectivity index (χ0) is 17.3. The minimum atomic E-state index is -1.08. The Morgan fingerprint density at radius 2 is 1.79 bits per heavy atom. The molecule has 1 N–H and O–H groups in total. The number of anilines is 2. The van der Waals surface area contributed by atoms with Crippen molar-refractivity contribution in [2.24, 2.45) is 0 Å². The smallest absolute Gasteiger partial charge is 0.255 e. The van der Waals surface area contributed by atoms with E-state index in [9.17, 15) is 18.4 Å². The molecule has 0 spiro atoms. The number of hydrogen-bond acceptors (Lipinski definition) is 2. The van der Waals surface area contributed by atoms with Crippen LogP contribution in [0.4, 0.5) is 20.2 Å². The Morgan fingerprint density at radius 3 is 2.42 bits per heavy atom. The van der Waals surface area contributed by atoms with Crippen LogP contribution in [0.25, 0.3) is 0 Å². The first-order valence-electron chi connectivity index (χ1n) is 7.62. The third-order valence-electron chi connectivity index (χ3n) is 3.84. The molecule has 3 rings (SSSR count). The van der Waals surface area contributed by atoms with Gasteiger partial charge < -0.3 is 10.2 Å². The van der Waals surface area contributed by atoms with Crippen molar-refractivity contribution >= 4 is 23.2 Å². The lowest BCUT2D eigenvalue weighted by Gasteiger charge is -2.23. The van der Waals surface area contributed by atoms with Crippen molar-refractivity contribution in [1.82, 2.24) is 0 Å². The van der Waals surface area contributed by atoms with Crippen molar-refractivity contribution in [1.29, 1.82) is 0 Å². The van der Waals surface area contributed by atoms with Crippen LogP contribution in [0.1, 0.15) is 30.1 Å². The number of nitrogens with one attached hydrogen (secondary N) is 1. The van der Waals surface area contributed by atoms with Crippen LogP contribution in [0.3, 0.4) is 0 Å². The molecule has 0 bridgehead atoms. The van der Waals surface area contributed by atoms with Crippen LogP contribution >= 0.6 is 0 Å². The van der Waals surface area contributed by atoms with Crippen molar-refractivity contribution in [3.8, 4) is 0 Å². The quantitative estimate of drug-likeness (QED) is 0.928. The number of amides is 2. The number of nitrogens with zero attached hydrogens (tertiary/aromatic N) is 1. The maximum Gasteiger partial charge on any atom is 0.255 e. The highest BCUT2D eigenvalue weighted by atomic mass is 19.2. The average Bonchev–Trinajstić information content (AvgIpc) is 3.36. The van der Waals surface area contributed by atoms with E-state index in [4.69, 9.17) is 0 Å². The Hall–Kier alpha value is -2.76. The lowest BCUT2D eigenvalue weighted by Crippen LogP contribution is -2.31. The molecular weight excluding hydrogens is 314 g/mol. The number of halogens is 2. The Labute approximate surface area is 138 Å². The molecule has 0 aliphatic heterocycles. The summed E-state index contributed by atoms with van der Waals surface area (Å²) >= 11 is 0. The van der Waals surface area contributed by atoms with Gasteiger partial charge in [-0.25, -0.2) is 8.78 Å². The van der Waals surface area contributed by atoms with Crippen LogP contribution in [0, 0.1) is 11.6 Å². The normalized spacial score (nSPS) is 13.5. The van der Waals surface area contributed by atoms with Crippen LogP contribution in [-0.4, -0.2) is 17.9 Å². The minimum absolute atomic E-state index is 0.00417. The van der Waals surface area contributed by atoms with Crippen LogP contribution < -0.4 is 10.2 Å². The molecule has 0 saturated heterocycles. The summed E-state index contributed by atoms with van der Waals surface area (Å²) in [5.41, 5.74) is 1.06. The predicted molar refractivity (Wildman–Crippen MR) is 86.9 cm³/mol. The van der Waals surface area contributed by atoms with Crippen molar-refractivity contribution in [3.05, 3.63) is 59.7 Å². The summed E-state index contributed by atoms with van der Waals surface area (Å²) in [5, 5.41) is 2.67. The van der Waals surface area contributed by atoms with Crippen LogP contribution in [-0.2, 0) is 4.79 Å². The molecule has 2 aromatic rings. The van der Waals surface area contributed by atoms with E-state index in [1.807, 2.05) is 0 Å². The molecular formula is C18H16F2N2O2. The fourth-order valence-electron chi connectivity index (χ4n) is 2.58. The highest BCUT2D eigenvalue weighted by molar-refractivity contribution is 6.07. The number of para-hydroxylation sites is 2. The predicted octanol–water partition coefficient (Wildman–Crippen LogP) is 3.73. The van der Waals surface area contributed by atoms with Gasteiger partial charge >= 0.3 is 0 Å². The monoisotopic (exact) mass is 330 g/mol. The van der Waals surface area contributed by atoms with E-state index >= 15 is 0 Å². The maximum absolute atomic E-state index is 13.3. The Morgan fingerprint density at radius 1 is 1.08 bits per heavy atom. The van der Waals surface area contributed by atoms with E-state index < -0.39 is 17.5 Å². The van der Waals surface area contributed by atoms with Gasteiger partial charge in [0, 0.05) is 18.5 Å². The van der Waals surface area contributed by atoms with Gasteiger partial charge in [-0.1, -0.05) is 12.1 Å². The van der Waals surface area contributed by atoms with E-state index in [1.165, 1.54) is 13.0 Å². The Balaban J connectivity index is 1.88. The van der Waals surface area contributed by atoms with Crippen molar-refractivity contribution in [3.63, 3.8) is 0 Å². The molecule has 0 unspecified atom stereocenters. The lowest BCUT2D eigenvalue weighted by atomic mass is 10.1. The molecule has 1 fully saturated rings. The summed E-state index contributed by atoms with van der Waals surface area (Å²) < 4.78 is 26.3. The molecule has 0 radical (unpaired) electrons. The number of carbonyl (C=O) groups is 2. The second-order valence-electron chi connectivity index (χ2n) is 5.72. The molecule has 2 aromatic carbocycles. The standard InChI is InChI=1S/C18H16F2N2O2/c1-11(23)22(13-7-8-13)17-5-3-2-4-16(17)21-18(24)12-6-9-14(19)15(20)10-12/h2-6,9-10,13H,7-8H2,1H3,(H,21,24). The van der Waals surface area contributed by atoms with Gasteiger partial charge in [0.2, 0.25) is 5.91 Å². The second-order valence-corrected chi connectivity index (χ2v) is 5.72. The molecule has 4 nitrogen and oxygen atoms in total. The van der Waals surface area contributed by atoms with Gasteiger partial charge in [0.05, 0.1) is 11.4 Å². The van der Waals surface area contributed by atoms with Gasteiger partial charge in [-0.2, -0.15) is 0 Å². The SMILES string of the molecule is CC(=O)N(c1ccccc1NC(=O)c1ccc(F)c(F)c1)C1CC1. The zero-order valence-electron chi connectivity index (χ0n) is 13.1. The summed E-state index contributed by atoms with van der Waals surface area (Å²) in [6.07, 6.45) is 1.84. The van der Waals surface area contributed by atoms with Crippen LogP contribution in [0.2, 0.25) is 0 Å². The molecule has 0 aromatic heterocycles. The number of benzene rings is 2. The van der Waals surface area contributed by atoms with E-state index in [1.54, 1.807) is 29.2 Å². The topological polar surface area (TPSA) is 49.4 Å². The van der Waals surface area contributed by atoms with Crippen LogP contribution in [0.5, 0.6) is 0 Å². The highest BCUT2D eigenvalue weighted by Crippen LogP contribution is 2.36. The fourth-order valence-corrected chi connectivity index (χ4v) is 2.58. The molecule has 0 atom stereocenters. The third-order valence-corrected chi connectivity index (χ3v) is 3.84. The Kier molecular flexibility index (Phi) is 4.29. The van der Waals surface area contributed by atoms with E-state index in [0.717, 1.165) is 25.0 Å². The summed E-state index contributed by atoms with van der Waals surface area (Å²) in [7, 11) is 0. The van der Waals surface area contributed by atoms with Crippen molar-refractivity contribution in [2.75, 3.05) is 10.2 Å². The van der Waals surface area contributed by atoms with Gasteiger partial charge in [0.15, 0.2) is 11.6 Å².